The highest BCUT2D eigenvalue weighted by molar-refractivity contribution is 8.00. The Kier molecular flexibility index (Phi) is 6.57. The maximum atomic E-state index is 13.3. The van der Waals surface area contributed by atoms with E-state index in [1.165, 1.54) is 11.8 Å². The third-order valence-corrected chi connectivity index (χ3v) is 6.70. The second kappa shape index (κ2) is 9.40. The zero-order chi connectivity index (χ0) is 23.7. The second-order valence-electron chi connectivity index (χ2n) is 8.00. The van der Waals surface area contributed by atoms with Crippen LogP contribution in [-0.2, 0) is 11.3 Å². The van der Waals surface area contributed by atoms with Crippen molar-refractivity contribution in [2.45, 2.75) is 37.0 Å². The van der Waals surface area contributed by atoms with E-state index >= 15 is 0 Å². The summed E-state index contributed by atoms with van der Waals surface area (Å²) in [4.78, 5) is 40.8. The molecule has 2 heterocycles. The number of nitrogens with zero attached hydrogens (tertiary/aromatic N) is 2. The van der Waals surface area contributed by atoms with Gasteiger partial charge in [0.15, 0.2) is 6.29 Å². The number of hydrogen-bond donors (Lipinski definition) is 4. The fraction of sp³-hybridized carbons (Fsp3) is 0.318. The van der Waals surface area contributed by atoms with Gasteiger partial charge in [0.05, 0.1) is 17.8 Å². The fourth-order valence-corrected chi connectivity index (χ4v) is 4.76. The van der Waals surface area contributed by atoms with E-state index in [9.17, 15) is 19.5 Å². The Morgan fingerprint density at radius 2 is 1.94 bits per heavy atom. The zero-order valence-electron chi connectivity index (χ0n) is 18.0. The van der Waals surface area contributed by atoms with Gasteiger partial charge in [0, 0.05) is 27.8 Å². The van der Waals surface area contributed by atoms with E-state index in [4.69, 9.17) is 11.6 Å². The number of carbonyl (C=O) groups excluding carboxylic acids is 2. The van der Waals surface area contributed by atoms with Crippen molar-refractivity contribution in [2.24, 2.45) is 5.92 Å². The number of carboxylic acids is 1. The molecule has 2 aliphatic rings. The number of urea groups is 2. The SMILES string of the molecule is CC1Nc2ccc(NC3NC(=O)N(C[C@H](C)C(=O)O)C(=O)N3Cc3ccc(Cl)cc3)cc2S1. The first-order valence-corrected chi connectivity index (χ1v) is 11.7. The molecule has 174 valence electrons. The lowest BCUT2D eigenvalue weighted by molar-refractivity contribution is -0.141. The van der Waals surface area contributed by atoms with Crippen LogP contribution in [0.15, 0.2) is 47.4 Å². The Morgan fingerprint density at radius 3 is 2.64 bits per heavy atom. The number of carboxylic acid groups (broad SMARTS) is 1. The molecule has 0 bridgehead atoms. The summed E-state index contributed by atoms with van der Waals surface area (Å²) in [7, 11) is 0. The zero-order valence-corrected chi connectivity index (χ0v) is 19.6. The van der Waals surface area contributed by atoms with Crippen molar-refractivity contribution in [1.29, 1.82) is 0 Å². The molecule has 4 N–H and O–H groups in total. The van der Waals surface area contributed by atoms with Crippen LogP contribution < -0.4 is 16.0 Å². The molecule has 2 aromatic carbocycles. The van der Waals surface area contributed by atoms with Crippen LogP contribution in [0.1, 0.15) is 19.4 Å². The van der Waals surface area contributed by atoms with Gasteiger partial charge in [-0.2, -0.15) is 0 Å². The standard InChI is InChI=1S/C22H24ClN5O4S/c1-12(19(29)30)10-28-21(31)26-20(25-16-7-8-17-18(9-16)33-13(2)24-17)27(22(28)32)11-14-3-5-15(23)6-4-14/h3-9,12-13,20,24-25H,10-11H2,1-2H3,(H,26,31)(H,29,30)/t12-,13?,20?/m0/s1. The van der Waals surface area contributed by atoms with Gasteiger partial charge in [-0.15, -0.1) is 0 Å². The van der Waals surface area contributed by atoms with Crippen LogP contribution in [0, 0.1) is 5.92 Å². The van der Waals surface area contributed by atoms with Gasteiger partial charge in [-0.25, -0.2) is 14.5 Å². The molecule has 0 radical (unpaired) electrons. The summed E-state index contributed by atoms with van der Waals surface area (Å²) < 4.78 is 0. The van der Waals surface area contributed by atoms with E-state index in [1.54, 1.807) is 36.0 Å². The van der Waals surface area contributed by atoms with E-state index in [0.29, 0.717) is 5.02 Å². The van der Waals surface area contributed by atoms with Crippen LogP contribution >= 0.6 is 23.4 Å². The maximum absolute atomic E-state index is 13.3. The first-order valence-electron chi connectivity index (χ1n) is 10.4. The van der Waals surface area contributed by atoms with Crippen molar-refractivity contribution in [3.63, 3.8) is 0 Å². The summed E-state index contributed by atoms with van der Waals surface area (Å²) in [6, 6.07) is 11.6. The number of carbonyl (C=O) groups is 3. The average molecular weight is 490 g/mol. The van der Waals surface area contributed by atoms with Crippen molar-refractivity contribution in [2.75, 3.05) is 17.2 Å². The molecular weight excluding hydrogens is 466 g/mol. The first-order chi connectivity index (χ1) is 15.7. The molecule has 0 spiro atoms. The van der Waals surface area contributed by atoms with Crippen molar-refractivity contribution in [3.05, 3.63) is 53.1 Å². The van der Waals surface area contributed by atoms with E-state index in [2.05, 4.69) is 22.9 Å². The number of thioether (sulfide) groups is 1. The van der Waals surface area contributed by atoms with E-state index < -0.39 is 30.2 Å². The Balaban J connectivity index is 1.59. The van der Waals surface area contributed by atoms with Crippen LogP contribution in [0.25, 0.3) is 0 Å². The number of fused-ring (bicyclic) bond motifs is 1. The molecule has 33 heavy (non-hydrogen) atoms. The fourth-order valence-electron chi connectivity index (χ4n) is 3.62. The normalized spacial score (nSPS) is 20.7. The van der Waals surface area contributed by atoms with Gasteiger partial charge < -0.3 is 15.7 Å². The second-order valence-corrected chi connectivity index (χ2v) is 9.82. The highest BCUT2D eigenvalue weighted by Gasteiger charge is 2.39. The summed E-state index contributed by atoms with van der Waals surface area (Å²) in [5, 5.41) is 19.4. The largest absolute Gasteiger partial charge is 0.481 e. The highest BCUT2D eigenvalue weighted by Crippen LogP contribution is 2.39. The number of imide groups is 1. The van der Waals surface area contributed by atoms with Crippen molar-refractivity contribution < 1.29 is 19.5 Å². The number of hydrogen-bond acceptors (Lipinski definition) is 6. The summed E-state index contributed by atoms with van der Waals surface area (Å²) in [5.41, 5.74) is 2.59. The maximum Gasteiger partial charge on any atom is 0.331 e. The predicted octanol–water partition coefficient (Wildman–Crippen LogP) is 4.27. The topological polar surface area (TPSA) is 114 Å². The molecular formula is C22H24ClN5O4S. The Bertz CT molecular complexity index is 1080. The quantitative estimate of drug-likeness (QED) is 0.459. The minimum atomic E-state index is -1.08. The molecule has 4 amide bonds. The highest BCUT2D eigenvalue weighted by atomic mass is 35.5. The number of nitrogens with one attached hydrogen (secondary N) is 3. The van der Waals surface area contributed by atoms with E-state index in [1.807, 2.05) is 18.2 Å². The molecule has 4 rings (SSSR count). The Labute approximate surface area is 200 Å². The first kappa shape index (κ1) is 23.1. The lowest BCUT2D eigenvalue weighted by Gasteiger charge is -2.41. The third kappa shape index (κ3) is 5.12. The third-order valence-electron chi connectivity index (χ3n) is 5.39. The summed E-state index contributed by atoms with van der Waals surface area (Å²) >= 11 is 7.67. The molecule has 3 atom stereocenters. The molecule has 2 unspecified atom stereocenters. The van der Waals surface area contributed by atoms with Gasteiger partial charge in [0.25, 0.3) is 0 Å². The smallest absolute Gasteiger partial charge is 0.331 e. The van der Waals surface area contributed by atoms with Gasteiger partial charge >= 0.3 is 18.0 Å². The summed E-state index contributed by atoms with van der Waals surface area (Å²) in [6.45, 7) is 3.47. The van der Waals surface area contributed by atoms with Crippen molar-refractivity contribution in [3.8, 4) is 0 Å². The molecule has 1 fully saturated rings. The summed E-state index contributed by atoms with van der Waals surface area (Å²) in [5.74, 6) is -1.98. The number of halogens is 1. The van der Waals surface area contributed by atoms with Gasteiger partial charge in [0.2, 0.25) is 0 Å². The minimum Gasteiger partial charge on any atom is -0.481 e. The van der Waals surface area contributed by atoms with Gasteiger partial charge in [-0.05, 0) is 42.8 Å². The van der Waals surface area contributed by atoms with Crippen LogP contribution in [0.2, 0.25) is 5.02 Å². The number of anilines is 2. The summed E-state index contributed by atoms with van der Waals surface area (Å²) in [6.07, 6.45) is -0.827. The number of amides is 4. The van der Waals surface area contributed by atoms with Gasteiger partial charge in [-0.1, -0.05) is 42.4 Å². The minimum absolute atomic E-state index is 0.185. The van der Waals surface area contributed by atoms with Gasteiger partial charge in [0.1, 0.15) is 0 Å². The molecule has 9 nitrogen and oxygen atoms in total. The number of rotatable bonds is 7. The van der Waals surface area contributed by atoms with Crippen LogP contribution in [0.3, 0.4) is 0 Å². The molecule has 0 saturated carbocycles. The molecule has 2 aromatic rings. The molecule has 0 aromatic heterocycles. The molecule has 1 saturated heterocycles. The Hall–Kier alpha value is -3.11. The van der Waals surface area contributed by atoms with Crippen molar-refractivity contribution >= 4 is 52.8 Å². The average Bonchev–Trinajstić information content (AvgIpc) is 3.14. The predicted molar refractivity (Wildman–Crippen MR) is 127 cm³/mol. The van der Waals surface area contributed by atoms with Crippen LogP contribution in [0.5, 0.6) is 0 Å². The molecule has 11 heteroatoms. The Morgan fingerprint density at radius 1 is 1.21 bits per heavy atom. The lowest BCUT2D eigenvalue weighted by Crippen LogP contribution is -2.67. The molecule has 2 aliphatic heterocycles. The van der Waals surface area contributed by atoms with Crippen molar-refractivity contribution in [1.82, 2.24) is 15.1 Å². The monoisotopic (exact) mass is 489 g/mol. The number of benzene rings is 2. The molecule has 0 aliphatic carbocycles. The van der Waals surface area contributed by atoms with Gasteiger partial charge in [-0.3, -0.25) is 15.0 Å². The van der Waals surface area contributed by atoms with E-state index in [-0.39, 0.29) is 18.5 Å². The lowest BCUT2D eigenvalue weighted by atomic mass is 10.1. The van der Waals surface area contributed by atoms with E-state index in [0.717, 1.165) is 26.7 Å². The number of aliphatic carboxylic acids is 1. The van der Waals surface area contributed by atoms with Crippen LogP contribution in [0.4, 0.5) is 21.0 Å². The van der Waals surface area contributed by atoms with Crippen LogP contribution in [-0.4, -0.2) is 51.1 Å².